The lowest BCUT2D eigenvalue weighted by molar-refractivity contribution is 0.0963. The number of piperidine rings is 1. The van der Waals surface area contributed by atoms with Gasteiger partial charge >= 0.3 is 0 Å². The Balaban J connectivity index is 1.51. The van der Waals surface area contributed by atoms with Crippen LogP contribution in [0, 0.1) is 0 Å². The van der Waals surface area contributed by atoms with Crippen molar-refractivity contribution in [3.8, 4) is 0 Å². The lowest BCUT2D eigenvalue weighted by Crippen LogP contribution is -2.39. The molecule has 1 fully saturated rings. The minimum atomic E-state index is -0.0603. The molecule has 3 N–H and O–H groups in total. The number of guanidine groups is 1. The second-order valence-electron chi connectivity index (χ2n) is 8.47. The van der Waals surface area contributed by atoms with Gasteiger partial charge in [-0.25, -0.2) is 0 Å². The highest BCUT2D eigenvalue weighted by Gasteiger charge is 2.19. The number of carbonyl (C=O) groups excluding carboxylic acids is 1. The monoisotopic (exact) mass is 435 g/mol. The Kier molecular flexibility index (Phi) is 9.11. The summed E-state index contributed by atoms with van der Waals surface area (Å²) in [5.41, 5.74) is 4.50. The molecule has 0 saturated carbocycles. The molecule has 1 atom stereocenters. The Morgan fingerprint density at radius 1 is 1.09 bits per heavy atom. The Morgan fingerprint density at radius 2 is 1.91 bits per heavy atom. The molecule has 3 rings (SSSR count). The van der Waals surface area contributed by atoms with Gasteiger partial charge in [-0.05, 0) is 61.6 Å². The molecule has 1 amide bonds. The summed E-state index contributed by atoms with van der Waals surface area (Å²) in [5.74, 6) is 0.725. The van der Waals surface area contributed by atoms with Crippen LogP contribution < -0.4 is 16.0 Å². The van der Waals surface area contributed by atoms with Gasteiger partial charge in [0.2, 0.25) is 0 Å². The summed E-state index contributed by atoms with van der Waals surface area (Å²) in [7, 11) is 3.44. The number of likely N-dealkylation sites (tertiary alicyclic amines) is 1. The third kappa shape index (κ3) is 6.82. The van der Waals surface area contributed by atoms with Gasteiger partial charge in [-0.15, -0.1) is 0 Å². The fraction of sp³-hybridized carbons (Fsp3) is 0.462. The van der Waals surface area contributed by atoms with Crippen LogP contribution in [0.5, 0.6) is 0 Å². The maximum atomic E-state index is 11.8. The lowest BCUT2D eigenvalue weighted by Gasteiger charge is -2.33. The zero-order valence-electron chi connectivity index (χ0n) is 19.7. The number of amides is 1. The van der Waals surface area contributed by atoms with E-state index in [9.17, 15) is 4.79 Å². The van der Waals surface area contributed by atoms with Crippen molar-refractivity contribution >= 4 is 11.9 Å². The molecule has 1 saturated heterocycles. The number of hydrogen-bond acceptors (Lipinski definition) is 3. The molecule has 1 unspecified atom stereocenters. The molecule has 1 aliphatic rings. The molecule has 6 nitrogen and oxygen atoms in total. The van der Waals surface area contributed by atoms with Gasteiger partial charge in [0.15, 0.2) is 5.96 Å². The summed E-state index contributed by atoms with van der Waals surface area (Å²) in [5, 5.41) is 9.51. The van der Waals surface area contributed by atoms with Crippen molar-refractivity contribution in [3.05, 3.63) is 70.8 Å². The lowest BCUT2D eigenvalue weighted by atomic mass is 10.0. The number of aliphatic imine (C=N–C) groups is 1. The number of benzene rings is 2. The first-order valence-corrected chi connectivity index (χ1v) is 11.7. The minimum absolute atomic E-state index is 0.0603. The first kappa shape index (κ1) is 23.8. The topological polar surface area (TPSA) is 68.8 Å². The second-order valence-corrected chi connectivity index (χ2v) is 8.47. The molecule has 0 aromatic heterocycles. The zero-order chi connectivity index (χ0) is 22.8. The van der Waals surface area contributed by atoms with Crippen LogP contribution in [-0.2, 0) is 19.5 Å². The van der Waals surface area contributed by atoms with Crippen LogP contribution in [-0.4, -0.2) is 50.0 Å². The van der Waals surface area contributed by atoms with Gasteiger partial charge in [0.05, 0.1) is 0 Å². The summed E-state index contributed by atoms with van der Waals surface area (Å²) in [6, 6.07) is 17.1. The van der Waals surface area contributed by atoms with Crippen molar-refractivity contribution in [1.29, 1.82) is 0 Å². The largest absolute Gasteiger partial charge is 0.356 e. The molecule has 32 heavy (non-hydrogen) atoms. The van der Waals surface area contributed by atoms with Crippen LogP contribution in [0.2, 0.25) is 0 Å². The van der Waals surface area contributed by atoms with Crippen LogP contribution in [0.25, 0.3) is 0 Å². The average Bonchev–Trinajstić information content (AvgIpc) is 2.83. The van der Waals surface area contributed by atoms with Gasteiger partial charge in [-0.1, -0.05) is 42.8 Å². The van der Waals surface area contributed by atoms with E-state index in [0.29, 0.717) is 11.6 Å². The Morgan fingerprint density at radius 3 is 2.66 bits per heavy atom. The van der Waals surface area contributed by atoms with Gasteiger partial charge < -0.3 is 16.0 Å². The van der Waals surface area contributed by atoms with E-state index in [0.717, 1.165) is 37.6 Å². The van der Waals surface area contributed by atoms with Crippen molar-refractivity contribution in [1.82, 2.24) is 20.9 Å². The number of hydrogen-bond donors (Lipinski definition) is 3. The first-order chi connectivity index (χ1) is 15.6. The SMILES string of the molecule is CN=C(NCCc1cccc(C(=O)NC)c1)NCc1ccccc1CN1CCCCC1C. The van der Waals surface area contributed by atoms with Crippen molar-refractivity contribution in [3.63, 3.8) is 0 Å². The third-order valence-corrected chi connectivity index (χ3v) is 6.22. The average molecular weight is 436 g/mol. The molecular formula is C26H37N5O. The van der Waals surface area contributed by atoms with Crippen LogP contribution >= 0.6 is 0 Å². The van der Waals surface area contributed by atoms with Crippen molar-refractivity contribution in [2.75, 3.05) is 27.2 Å². The predicted octanol–water partition coefficient (Wildman–Crippen LogP) is 3.33. The van der Waals surface area contributed by atoms with Crippen LogP contribution in [0.15, 0.2) is 53.5 Å². The van der Waals surface area contributed by atoms with Crippen LogP contribution in [0.3, 0.4) is 0 Å². The van der Waals surface area contributed by atoms with E-state index < -0.39 is 0 Å². The molecule has 0 radical (unpaired) electrons. The van der Waals surface area contributed by atoms with E-state index in [4.69, 9.17) is 0 Å². The van der Waals surface area contributed by atoms with Crippen molar-refractivity contribution in [2.45, 2.75) is 51.7 Å². The fourth-order valence-electron chi connectivity index (χ4n) is 4.23. The summed E-state index contributed by atoms with van der Waals surface area (Å²) >= 11 is 0. The normalized spacial score (nSPS) is 17.1. The van der Waals surface area contributed by atoms with Gasteiger partial charge in [0, 0.05) is 45.3 Å². The predicted molar refractivity (Wildman–Crippen MR) is 132 cm³/mol. The number of carbonyl (C=O) groups is 1. The molecule has 172 valence electrons. The van der Waals surface area contributed by atoms with E-state index >= 15 is 0 Å². The molecule has 1 aliphatic heterocycles. The molecule has 6 heteroatoms. The minimum Gasteiger partial charge on any atom is -0.356 e. The molecular weight excluding hydrogens is 398 g/mol. The van der Waals surface area contributed by atoms with E-state index in [-0.39, 0.29) is 5.91 Å². The molecule has 2 aromatic rings. The van der Waals surface area contributed by atoms with Crippen molar-refractivity contribution < 1.29 is 4.79 Å². The van der Waals surface area contributed by atoms with Gasteiger partial charge in [-0.3, -0.25) is 14.7 Å². The second kappa shape index (κ2) is 12.2. The third-order valence-electron chi connectivity index (χ3n) is 6.22. The molecule has 1 heterocycles. The van der Waals surface area contributed by atoms with E-state index in [2.05, 4.69) is 57.0 Å². The molecule has 2 aromatic carbocycles. The van der Waals surface area contributed by atoms with Gasteiger partial charge in [0.25, 0.3) is 5.91 Å². The number of rotatable bonds is 8. The number of nitrogens with zero attached hydrogens (tertiary/aromatic N) is 2. The van der Waals surface area contributed by atoms with E-state index in [1.54, 1.807) is 14.1 Å². The van der Waals surface area contributed by atoms with E-state index in [1.807, 2.05) is 24.3 Å². The van der Waals surface area contributed by atoms with Crippen LogP contribution in [0.4, 0.5) is 0 Å². The highest BCUT2D eigenvalue weighted by atomic mass is 16.1. The number of nitrogens with one attached hydrogen (secondary N) is 3. The van der Waals surface area contributed by atoms with Gasteiger partial charge in [0.1, 0.15) is 0 Å². The maximum absolute atomic E-state index is 11.8. The Labute approximate surface area is 192 Å². The Hall–Kier alpha value is -2.86. The van der Waals surface area contributed by atoms with Crippen molar-refractivity contribution in [2.24, 2.45) is 4.99 Å². The van der Waals surface area contributed by atoms with Gasteiger partial charge in [-0.2, -0.15) is 0 Å². The Bertz CT molecular complexity index is 911. The zero-order valence-corrected chi connectivity index (χ0v) is 19.7. The standard InChI is InChI=1S/C26H37N5O/c1-20-9-6-7-16-31(20)19-24-12-5-4-11-23(24)18-30-26(28-3)29-15-14-21-10-8-13-22(17-21)25(32)27-2/h4-5,8,10-13,17,20H,6-7,9,14-16,18-19H2,1-3H3,(H,27,32)(H2,28,29,30). The summed E-state index contributed by atoms with van der Waals surface area (Å²) in [4.78, 5) is 18.8. The van der Waals surface area contributed by atoms with Crippen LogP contribution in [0.1, 0.15) is 53.2 Å². The molecule has 0 bridgehead atoms. The molecule has 0 spiro atoms. The smallest absolute Gasteiger partial charge is 0.251 e. The maximum Gasteiger partial charge on any atom is 0.251 e. The quantitative estimate of drug-likeness (QED) is 0.439. The van der Waals surface area contributed by atoms with E-state index in [1.165, 1.54) is 36.9 Å². The summed E-state index contributed by atoms with van der Waals surface area (Å²) in [6.45, 7) is 6.02. The fourth-order valence-corrected chi connectivity index (χ4v) is 4.23. The first-order valence-electron chi connectivity index (χ1n) is 11.7. The molecule has 0 aliphatic carbocycles. The summed E-state index contributed by atoms with van der Waals surface area (Å²) < 4.78 is 0. The highest BCUT2D eigenvalue weighted by molar-refractivity contribution is 5.94. The highest BCUT2D eigenvalue weighted by Crippen LogP contribution is 2.20. The summed E-state index contributed by atoms with van der Waals surface area (Å²) in [6.07, 6.45) is 4.75.